The SMILES string of the molecule is CC(C(=O)O)C(=O)OCCOC12NC(=O)C(C)(C(C)C)N1C(=O)c1cccnc12.[Na+]. The van der Waals surface area contributed by atoms with E-state index in [1.807, 2.05) is 13.8 Å². The summed E-state index contributed by atoms with van der Waals surface area (Å²) in [5, 5.41) is 11.6. The molecule has 10 nitrogen and oxygen atoms in total. The summed E-state index contributed by atoms with van der Waals surface area (Å²) in [5.74, 6) is -6.12. The number of carbonyl (C=O) groups is 4. The van der Waals surface area contributed by atoms with Gasteiger partial charge in [0.1, 0.15) is 17.8 Å². The van der Waals surface area contributed by atoms with E-state index in [0.717, 1.165) is 0 Å². The summed E-state index contributed by atoms with van der Waals surface area (Å²) in [5.41, 5.74) is -0.601. The normalized spacial score (nSPS) is 25.3. The number of fused-ring (bicyclic) bond motifs is 3. The smallest absolute Gasteiger partial charge is 0.481 e. The number of carbonyl (C=O) groups excluding carboxylic acids is 3. The number of carboxylic acids is 1. The monoisotopic (exact) mass is 428 g/mol. The molecule has 2 N–H and O–H groups in total. The van der Waals surface area contributed by atoms with E-state index in [1.54, 1.807) is 19.1 Å². The second-order valence-electron chi connectivity index (χ2n) is 7.52. The van der Waals surface area contributed by atoms with Gasteiger partial charge in [0.25, 0.3) is 11.8 Å². The van der Waals surface area contributed by atoms with E-state index in [4.69, 9.17) is 14.6 Å². The van der Waals surface area contributed by atoms with Crippen molar-refractivity contribution in [3.05, 3.63) is 29.6 Å². The van der Waals surface area contributed by atoms with Gasteiger partial charge >= 0.3 is 41.5 Å². The molecule has 0 radical (unpaired) electrons. The molecule has 1 aromatic rings. The number of ether oxygens (including phenoxy) is 2. The molecule has 3 heterocycles. The van der Waals surface area contributed by atoms with Crippen LogP contribution in [0, 0.1) is 11.8 Å². The van der Waals surface area contributed by atoms with Crippen LogP contribution in [-0.2, 0) is 29.7 Å². The molecule has 3 unspecified atom stereocenters. The third kappa shape index (κ3) is 3.51. The first-order valence-electron chi connectivity index (χ1n) is 9.23. The number of hydrogen-bond acceptors (Lipinski definition) is 7. The van der Waals surface area contributed by atoms with Gasteiger partial charge in [-0.15, -0.1) is 0 Å². The Kier molecular flexibility index (Phi) is 6.97. The number of aliphatic carboxylic acids is 1. The van der Waals surface area contributed by atoms with Crippen LogP contribution < -0.4 is 34.9 Å². The number of nitrogens with zero attached hydrogens (tertiary/aromatic N) is 2. The number of rotatable bonds is 7. The molecule has 1 aromatic heterocycles. The van der Waals surface area contributed by atoms with Crippen LogP contribution in [-0.4, -0.2) is 57.5 Å². The Morgan fingerprint density at radius 2 is 1.93 bits per heavy atom. The summed E-state index contributed by atoms with van der Waals surface area (Å²) in [6.07, 6.45) is 1.49. The molecule has 3 rings (SSSR count). The molecule has 0 aromatic carbocycles. The summed E-state index contributed by atoms with van der Waals surface area (Å²) in [6.45, 7) is 6.09. The predicted octanol–water partition coefficient (Wildman–Crippen LogP) is -2.52. The molecule has 30 heavy (non-hydrogen) atoms. The summed E-state index contributed by atoms with van der Waals surface area (Å²) >= 11 is 0. The topological polar surface area (TPSA) is 135 Å². The third-order valence-corrected chi connectivity index (χ3v) is 5.57. The van der Waals surface area contributed by atoms with Crippen LogP contribution in [0.25, 0.3) is 0 Å². The second-order valence-corrected chi connectivity index (χ2v) is 7.52. The van der Waals surface area contributed by atoms with Crippen LogP contribution in [0.3, 0.4) is 0 Å². The van der Waals surface area contributed by atoms with Crippen molar-refractivity contribution < 1.29 is 63.3 Å². The van der Waals surface area contributed by atoms with Crippen LogP contribution in [0.2, 0.25) is 0 Å². The average molecular weight is 428 g/mol. The zero-order valence-corrected chi connectivity index (χ0v) is 19.6. The predicted molar refractivity (Wildman–Crippen MR) is 97.2 cm³/mol. The summed E-state index contributed by atoms with van der Waals surface area (Å²) in [7, 11) is 0. The maximum Gasteiger partial charge on any atom is 1.00 e. The number of carboxylic acid groups (broad SMARTS) is 1. The van der Waals surface area contributed by atoms with Gasteiger partial charge in [-0.05, 0) is 31.9 Å². The van der Waals surface area contributed by atoms with Crippen molar-refractivity contribution in [2.45, 2.75) is 39.1 Å². The summed E-state index contributed by atoms with van der Waals surface area (Å²) < 4.78 is 10.8. The molecule has 0 aliphatic carbocycles. The molecular formula is C19H23N3NaO7+. The van der Waals surface area contributed by atoms with Crippen molar-refractivity contribution in [2.24, 2.45) is 11.8 Å². The van der Waals surface area contributed by atoms with Crippen molar-refractivity contribution in [2.75, 3.05) is 13.2 Å². The van der Waals surface area contributed by atoms with Crippen molar-refractivity contribution in [1.29, 1.82) is 0 Å². The zero-order valence-electron chi connectivity index (χ0n) is 17.6. The fourth-order valence-electron chi connectivity index (χ4n) is 3.50. The number of amides is 2. The van der Waals surface area contributed by atoms with Gasteiger partial charge < -0.3 is 19.9 Å². The van der Waals surface area contributed by atoms with Gasteiger partial charge in [-0.25, -0.2) is 0 Å². The molecule has 2 aliphatic rings. The second kappa shape index (κ2) is 8.62. The minimum absolute atomic E-state index is 0. The molecule has 1 fully saturated rings. The van der Waals surface area contributed by atoms with Crippen LogP contribution in [0.4, 0.5) is 0 Å². The Bertz CT molecular complexity index is 893. The van der Waals surface area contributed by atoms with Gasteiger partial charge in [-0.2, -0.15) is 0 Å². The maximum absolute atomic E-state index is 13.1. The van der Waals surface area contributed by atoms with Crippen molar-refractivity contribution in [3.63, 3.8) is 0 Å². The number of aromatic nitrogens is 1. The molecular weight excluding hydrogens is 405 g/mol. The van der Waals surface area contributed by atoms with Gasteiger partial charge in [0.15, 0.2) is 5.92 Å². The molecule has 0 saturated carbocycles. The number of esters is 1. The fourth-order valence-corrected chi connectivity index (χ4v) is 3.50. The number of nitrogens with one attached hydrogen (secondary N) is 1. The third-order valence-electron chi connectivity index (χ3n) is 5.57. The fraction of sp³-hybridized carbons (Fsp3) is 0.526. The van der Waals surface area contributed by atoms with E-state index < -0.39 is 29.2 Å². The molecule has 2 amide bonds. The molecule has 11 heteroatoms. The summed E-state index contributed by atoms with van der Waals surface area (Å²) in [4.78, 5) is 54.1. The maximum atomic E-state index is 13.1. The quantitative estimate of drug-likeness (QED) is 0.210. The van der Waals surface area contributed by atoms with Gasteiger partial charge in [-0.3, -0.25) is 29.1 Å². The first kappa shape index (κ1) is 24.3. The summed E-state index contributed by atoms with van der Waals surface area (Å²) in [6, 6.07) is 3.23. The van der Waals surface area contributed by atoms with Gasteiger partial charge in [0.05, 0.1) is 12.2 Å². The van der Waals surface area contributed by atoms with Crippen molar-refractivity contribution >= 4 is 23.8 Å². The minimum atomic E-state index is -1.62. The van der Waals surface area contributed by atoms with E-state index >= 15 is 0 Å². The van der Waals surface area contributed by atoms with Crippen LogP contribution in [0.1, 0.15) is 43.7 Å². The molecule has 0 spiro atoms. The molecule has 2 aliphatic heterocycles. The van der Waals surface area contributed by atoms with E-state index in [1.165, 1.54) is 18.0 Å². The Morgan fingerprint density at radius 1 is 1.27 bits per heavy atom. The first-order valence-corrected chi connectivity index (χ1v) is 9.23. The molecule has 1 saturated heterocycles. The van der Waals surface area contributed by atoms with Crippen LogP contribution >= 0.6 is 0 Å². The van der Waals surface area contributed by atoms with Gasteiger partial charge in [-0.1, -0.05) is 13.8 Å². The molecule has 3 atom stereocenters. The number of pyridine rings is 1. The zero-order chi connectivity index (χ0) is 21.6. The molecule has 156 valence electrons. The first-order chi connectivity index (χ1) is 13.6. The van der Waals surface area contributed by atoms with Crippen molar-refractivity contribution in [3.8, 4) is 0 Å². The Balaban J connectivity index is 0.00000320. The van der Waals surface area contributed by atoms with E-state index in [9.17, 15) is 19.2 Å². The Morgan fingerprint density at radius 3 is 2.53 bits per heavy atom. The number of hydrogen-bond donors (Lipinski definition) is 2. The van der Waals surface area contributed by atoms with E-state index in [0.29, 0.717) is 5.56 Å². The van der Waals surface area contributed by atoms with Crippen LogP contribution in [0.15, 0.2) is 18.3 Å². The Hall–Kier alpha value is -2.01. The van der Waals surface area contributed by atoms with E-state index in [2.05, 4.69) is 10.3 Å². The Labute approximate surface area is 195 Å². The van der Waals surface area contributed by atoms with Gasteiger partial charge in [0.2, 0.25) is 5.91 Å². The van der Waals surface area contributed by atoms with Crippen molar-refractivity contribution in [1.82, 2.24) is 15.2 Å². The molecule has 0 bridgehead atoms. The van der Waals surface area contributed by atoms with Gasteiger partial charge in [0, 0.05) is 6.20 Å². The van der Waals surface area contributed by atoms with E-state index in [-0.39, 0.29) is 66.2 Å². The minimum Gasteiger partial charge on any atom is -0.481 e. The largest absolute Gasteiger partial charge is 1.00 e. The average Bonchev–Trinajstić information content (AvgIpc) is 3.06. The van der Waals surface area contributed by atoms with Crippen LogP contribution in [0.5, 0.6) is 0 Å². The standard InChI is InChI=1S/C19H23N3O7.Na/c1-10(2)18(4)17(27)21-19(29-9-8-28-16(26)11(3)15(24)25)13-12(6-5-7-20-13)14(23)22(18)19;/h5-7,10-11H,8-9H2,1-4H3,(H,21,27)(H,24,25);/q;+1.